The minimum absolute atomic E-state index is 0.0430. The van der Waals surface area contributed by atoms with Gasteiger partial charge in [-0.05, 0) is 25.9 Å². The topological polar surface area (TPSA) is 6.48 Å². The standard InChI is InChI=1S/C10H23BrN2Si/c1-3-5-7-9-13-10(11)12(14-13)8-6-4-2/h10H,3-9,14H2,1-2H3. The Morgan fingerprint density at radius 1 is 1.00 bits per heavy atom. The first-order valence-corrected chi connectivity index (χ1v) is 8.09. The van der Waals surface area contributed by atoms with Gasteiger partial charge in [0.05, 0.1) is 0 Å². The second-order valence-corrected chi connectivity index (χ2v) is 6.86. The highest BCUT2D eigenvalue weighted by atomic mass is 79.9. The van der Waals surface area contributed by atoms with Gasteiger partial charge in [-0.15, -0.1) is 0 Å². The average molecular weight is 279 g/mol. The lowest BCUT2D eigenvalue weighted by atomic mass is 10.2. The van der Waals surface area contributed by atoms with Crippen LogP contribution in [-0.4, -0.2) is 37.1 Å². The monoisotopic (exact) mass is 278 g/mol. The summed E-state index contributed by atoms with van der Waals surface area (Å²) in [6, 6.07) is 0. The van der Waals surface area contributed by atoms with Crippen molar-refractivity contribution in [3.63, 3.8) is 0 Å². The molecule has 0 aliphatic carbocycles. The fourth-order valence-corrected chi connectivity index (χ4v) is 4.59. The molecule has 1 fully saturated rings. The van der Waals surface area contributed by atoms with E-state index in [1.54, 1.807) is 0 Å². The number of hydrogen-bond donors (Lipinski definition) is 0. The minimum atomic E-state index is -0.0430. The van der Waals surface area contributed by atoms with Crippen LogP contribution in [-0.2, 0) is 0 Å². The maximum absolute atomic E-state index is 3.76. The van der Waals surface area contributed by atoms with Gasteiger partial charge in [0, 0.05) is 0 Å². The van der Waals surface area contributed by atoms with Crippen LogP contribution in [0, 0.1) is 0 Å². The molecule has 1 heterocycles. The molecule has 0 aromatic heterocycles. The summed E-state index contributed by atoms with van der Waals surface area (Å²) in [6.45, 7) is 7.16. The molecule has 14 heavy (non-hydrogen) atoms. The first-order valence-electron chi connectivity index (χ1n) is 5.91. The van der Waals surface area contributed by atoms with E-state index in [0.29, 0.717) is 5.08 Å². The molecule has 1 aliphatic rings. The minimum Gasteiger partial charge on any atom is -0.293 e. The maximum atomic E-state index is 3.76. The lowest BCUT2D eigenvalue weighted by molar-refractivity contribution is 0.171. The number of unbranched alkanes of at least 4 members (excludes halogenated alkanes) is 3. The highest BCUT2D eigenvalue weighted by Crippen LogP contribution is 2.22. The van der Waals surface area contributed by atoms with E-state index in [4.69, 9.17) is 0 Å². The van der Waals surface area contributed by atoms with E-state index >= 15 is 0 Å². The Labute approximate surface area is 99.1 Å². The van der Waals surface area contributed by atoms with Crippen molar-refractivity contribution >= 4 is 25.8 Å². The Bertz CT molecular complexity index is 157. The van der Waals surface area contributed by atoms with Gasteiger partial charge in [0.2, 0.25) is 0 Å². The van der Waals surface area contributed by atoms with Gasteiger partial charge >= 0.3 is 0 Å². The van der Waals surface area contributed by atoms with E-state index < -0.39 is 0 Å². The van der Waals surface area contributed by atoms with Gasteiger partial charge in [0.1, 0.15) is 5.08 Å². The normalized spacial score (nSPS) is 25.5. The largest absolute Gasteiger partial charge is 0.293 e. The van der Waals surface area contributed by atoms with Gasteiger partial charge in [0.25, 0.3) is 0 Å². The van der Waals surface area contributed by atoms with Gasteiger partial charge in [-0.1, -0.05) is 49.0 Å². The first-order chi connectivity index (χ1) is 6.79. The van der Waals surface area contributed by atoms with E-state index in [1.165, 1.54) is 45.2 Å². The van der Waals surface area contributed by atoms with Crippen molar-refractivity contribution in [2.75, 3.05) is 13.1 Å². The lowest BCUT2D eigenvalue weighted by Gasteiger charge is -2.48. The van der Waals surface area contributed by atoms with E-state index in [9.17, 15) is 0 Å². The molecule has 1 saturated heterocycles. The quantitative estimate of drug-likeness (QED) is 0.305. The highest BCUT2D eigenvalue weighted by Gasteiger charge is 2.33. The van der Waals surface area contributed by atoms with Crippen molar-refractivity contribution in [3.05, 3.63) is 0 Å². The van der Waals surface area contributed by atoms with Crippen LogP contribution < -0.4 is 0 Å². The average Bonchev–Trinajstić information content (AvgIpc) is 2.20. The maximum Gasteiger partial charge on any atom is 0.176 e. The van der Waals surface area contributed by atoms with Gasteiger partial charge in [-0.2, -0.15) is 0 Å². The Balaban J connectivity index is 2.04. The van der Waals surface area contributed by atoms with Crippen molar-refractivity contribution in [2.24, 2.45) is 0 Å². The second kappa shape index (κ2) is 6.98. The Morgan fingerprint density at radius 3 is 2.07 bits per heavy atom. The van der Waals surface area contributed by atoms with Crippen molar-refractivity contribution in [1.82, 2.24) is 9.13 Å². The summed E-state index contributed by atoms with van der Waals surface area (Å²) in [5.41, 5.74) is 0. The molecule has 1 unspecified atom stereocenters. The smallest absolute Gasteiger partial charge is 0.176 e. The molecule has 0 N–H and O–H groups in total. The summed E-state index contributed by atoms with van der Waals surface area (Å²) in [5, 5.41) is 0.581. The molecule has 84 valence electrons. The van der Waals surface area contributed by atoms with Crippen LogP contribution in [0.25, 0.3) is 0 Å². The fraction of sp³-hybridized carbons (Fsp3) is 1.00. The van der Waals surface area contributed by atoms with E-state index in [-0.39, 0.29) is 9.84 Å². The molecule has 0 aromatic carbocycles. The summed E-state index contributed by atoms with van der Waals surface area (Å²) in [7, 11) is -0.0430. The van der Waals surface area contributed by atoms with Gasteiger partial charge in [-0.25, -0.2) is 0 Å². The summed E-state index contributed by atoms with van der Waals surface area (Å²) in [5.74, 6) is 0. The molecular weight excluding hydrogens is 256 g/mol. The second-order valence-electron chi connectivity index (χ2n) is 4.14. The van der Waals surface area contributed by atoms with Crippen LogP contribution in [0.2, 0.25) is 0 Å². The van der Waals surface area contributed by atoms with Crippen LogP contribution >= 0.6 is 15.9 Å². The number of nitrogens with zero attached hydrogens (tertiary/aromatic N) is 2. The molecule has 0 radical (unpaired) electrons. The van der Waals surface area contributed by atoms with Crippen LogP contribution in [0.5, 0.6) is 0 Å². The molecule has 0 amide bonds. The Morgan fingerprint density at radius 2 is 1.57 bits per heavy atom. The summed E-state index contributed by atoms with van der Waals surface area (Å²) in [6.07, 6.45) is 6.78. The van der Waals surface area contributed by atoms with Crippen molar-refractivity contribution in [2.45, 2.75) is 51.0 Å². The predicted molar refractivity (Wildman–Crippen MR) is 69.1 cm³/mol. The van der Waals surface area contributed by atoms with Gasteiger partial charge < -0.3 is 0 Å². The summed E-state index contributed by atoms with van der Waals surface area (Å²) < 4.78 is 5.28. The molecule has 1 rings (SSSR count). The third kappa shape index (κ3) is 3.64. The predicted octanol–water partition coefficient (Wildman–Crippen LogP) is 2.27. The van der Waals surface area contributed by atoms with Crippen molar-refractivity contribution < 1.29 is 0 Å². The number of hydrogen-bond acceptors (Lipinski definition) is 2. The number of alkyl halides is 1. The highest BCUT2D eigenvalue weighted by molar-refractivity contribution is 9.09. The van der Waals surface area contributed by atoms with E-state index in [2.05, 4.69) is 38.9 Å². The zero-order valence-electron chi connectivity index (χ0n) is 9.51. The molecule has 0 bridgehead atoms. The van der Waals surface area contributed by atoms with Crippen LogP contribution in [0.4, 0.5) is 0 Å². The number of rotatable bonds is 7. The molecule has 2 nitrogen and oxygen atoms in total. The van der Waals surface area contributed by atoms with E-state index in [0.717, 1.165) is 0 Å². The first kappa shape index (κ1) is 12.7. The SMILES string of the molecule is CCCCCN1[SiH2]N(CCCC)C1Br. The molecule has 1 aliphatic heterocycles. The molecule has 0 aromatic rings. The van der Waals surface area contributed by atoms with Gasteiger partial charge in [-0.3, -0.25) is 9.13 Å². The molecule has 4 heteroatoms. The van der Waals surface area contributed by atoms with Crippen molar-refractivity contribution in [1.29, 1.82) is 0 Å². The Kier molecular flexibility index (Phi) is 6.33. The van der Waals surface area contributed by atoms with Crippen LogP contribution in [0.1, 0.15) is 46.0 Å². The Hall–Kier alpha value is 0.617. The summed E-state index contributed by atoms with van der Waals surface area (Å²) in [4.78, 5) is 0. The third-order valence-electron chi connectivity index (χ3n) is 2.81. The van der Waals surface area contributed by atoms with Crippen LogP contribution in [0.15, 0.2) is 0 Å². The molecule has 0 spiro atoms. The third-order valence-corrected chi connectivity index (χ3v) is 7.09. The molecule has 1 atom stereocenters. The summed E-state index contributed by atoms with van der Waals surface area (Å²) >= 11 is 3.76. The fourth-order valence-electron chi connectivity index (χ4n) is 1.78. The van der Waals surface area contributed by atoms with Gasteiger partial charge in [0.15, 0.2) is 9.84 Å². The van der Waals surface area contributed by atoms with Crippen LogP contribution in [0.3, 0.4) is 0 Å². The molecular formula is C10H23BrN2Si. The lowest BCUT2D eigenvalue weighted by Crippen LogP contribution is -2.63. The zero-order valence-corrected chi connectivity index (χ0v) is 12.5. The zero-order chi connectivity index (χ0) is 10.4. The van der Waals surface area contributed by atoms with E-state index in [1.807, 2.05) is 0 Å². The molecule has 0 saturated carbocycles. The number of halogens is 1. The van der Waals surface area contributed by atoms with Crippen molar-refractivity contribution in [3.8, 4) is 0 Å².